The molecule has 2 heterocycles. The van der Waals surface area contributed by atoms with Gasteiger partial charge in [0.05, 0.1) is 11.1 Å². The van der Waals surface area contributed by atoms with Crippen molar-refractivity contribution in [3.8, 4) is 0 Å². The number of rotatable bonds is 6. The molecule has 2 N–H and O–H groups in total. The second-order valence-corrected chi connectivity index (χ2v) is 6.56. The van der Waals surface area contributed by atoms with Crippen LogP contribution in [-0.2, 0) is 9.59 Å². The molecule has 2 aliphatic heterocycles. The first-order valence-corrected chi connectivity index (χ1v) is 8.65. The summed E-state index contributed by atoms with van der Waals surface area (Å²) in [6.07, 6.45) is 1.22. The monoisotopic (exact) mass is 358 g/mol. The van der Waals surface area contributed by atoms with Gasteiger partial charge in [-0.25, -0.2) is 0 Å². The Bertz CT molecular complexity index is 776. The van der Waals surface area contributed by atoms with Crippen molar-refractivity contribution in [2.45, 2.75) is 25.3 Å². The molecular formula is C18H22N4O4. The molecule has 1 saturated heterocycles. The molecule has 0 bridgehead atoms. The Hall–Kier alpha value is -2.74. The summed E-state index contributed by atoms with van der Waals surface area (Å²) in [5, 5.41) is 5.28. The maximum absolute atomic E-state index is 12.8. The fourth-order valence-electron chi connectivity index (χ4n) is 3.32. The van der Waals surface area contributed by atoms with Crippen LogP contribution < -0.4 is 15.5 Å². The number of fused-ring (bicyclic) bond motifs is 1. The minimum atomic E-state index is -0.933. The van der Waals surface area contributed by atoms with Crippen LogP contribution in [0.5, 0.6) is 0 Å². The second-order valence-electron chi connectivity index (χ2n) is 6.56. The van der Waals surface area contributed by atoms with E-state index >= 15 is 0 Å². The lowest BCUT2D eigenvalue weighted by molar-refractivity contribution is -0.136. The number of nitrogens with zero attached hydrogens (tertiary/aromatic N) is 2. The van der Waals surface area contributed by atoms with E-state index in [1.807, 2.05) is 19.0 Å². The van der Waals surface area contributed by atoms with E-state index < -0.39 is 23.8 Å². The smallest absolute Gasteiger partial charge is 0.262 e. The molecule has 1 unspecified atom stereocenters. The summed E-state index contributed by atoms with van der Waals surface area (Å²) in [4.78, 5) is 51.8. The summed E-state index contributed by atoms with van der Waals surface area (Å²) >= 11 is 0. The fraction of sp³-hybridized carbons (Fsp3) is 0.444. The molecule has 8 nitrogen and oxygen atoms in total. The zero-order valence-corrected chi connectivity index (χ0v) is 14.9. The molecule has 138 valence electrons. The van der Waals surface area contributed by atoms with Crippen molar-refractivity contribution in [2.24, 2.45) is 0 Å². The van der Waals surface area contributed by atoms with Gasteiger partial charge in [-0.3, -0.25) is 29.4 Å². The zero-order chi connectivity index (χ0) is 18.8. The van der Waals surface area contributed by atoms with Crippen molar-refractivity contribution in [3.05, 3.63) is 29.3 Å². The van der Waals surface area contributed by atoms with Gasteiger partial charge in [0.1, 0.15) is 6.04 Å². The van der Waals surface area contributed by atoms with Crippen molar-refractivity contribution < 1.29 is 19.2 Å². The summed E-state index contributed by atoms with van der Waals surface area (Å²) in [5.74, 6) is -1.94. The van der Waals surface area contributed by atoms with Gasteiger partial charge < -0.3 is 10.2 Å². The van der Waals surface area contributed by atoms with E-state index in [9.17, 15) is 19.2 Å². The summed E-state index contributed by atoms with van der Waals surface area (Å²) in [7, 11) is 3.82. The summed E-state index contributed by atoms with van der Waals surface area (Å²) in [6, 6.07) is 4.20. The first-order valence-electron chi connectivity index (χ1n) is 8.65. The van der Waals surface area contributed by atoms with E-state index in [2.05, 4.69) is 10.6 Å². The highest BCUT2D eigenvalue weighted by Crippen LogP contribution is 2.30. The number of hydrogen-bond donors (Lipinski definition) is 2. The quantitative estimate of drug-likeness (QED) is 0.554. The number of benzene rings is 1. The third-order valence-corrected chi connectivity index (χ3v) is 4.78. The topological polar surface area (TPSA) is 98.8 Å². The molecule has 0 aromatic heterocycles. The molecule has 0 radical (unpaired) electrons. The van der Waals surface area contributed by atoms with E-state index in [1.165, 1.54) is 0 Å². The number of imide groups is 2. The van der Waals surface area contributed by atoms with Crippen molar-refractivity contribution in [3.63, 3.8) is 0 Å². The van der Waals surface area contributed by atoms with E-state index in [-0.39, 0.29) is 18.7 Å². The normalized spacial score (nSPS) is 19.6. The number of amides is 4. The van der Waals surface area contributed by atoms with Gasteiger partial charge in [0.25, 0.3) is 11.8 Å². The van der Waals surface area contributed by atoms with Gasteiger partial charge in [-0.1, -0.05) is 0 Å². The van der Waals surface area contributed by atoms with E-state index in [0.717, 1.165) is 30.1 Å². The van der Waals surface area contributed by atoms with Crippen molar-refractivity contribution in [1.82, 2.24) is 15.5 Å². The molecule has 1 fully saturated rings. The lowest BCUT2D eigenvalue weighted by Crippen LogP contribution is -2.54. The van der Waals surface area contributed by atoms with Crippen LogP contribution in [0.4, 0.5) is 5.69 Å². The highest BCUT2D eigenvalue weighted by molar-refractivity contribution is 6.23. The van der Waals surface area contributed by atoms with Crippen LogP contribution >= 0.6 is 0 Å². The molecule has 1 atom stereocenters. The molecule has 1 aromatic rings. The Balaban J connectivity index is 1.81. The summed E-state index contributed by atoms with van der Waals surface area (Å²) in [6.45, 7) is 1.69. The molecule has 1 aromatic carbocycles. The number of piperidine rings is 1. The van der Waals surface area contributed by atoms with Gasteiger partial charge in [0.2, 0.25) is 11.8 Å². The summed E-state index contributed by atoms with van der Waals surface area (Å²) < 4.78 is 0. The maximum Gasteiger partial charge on any atom is 0.262 e. The summed E-state index contributed by atoms with van der Waals surface area (Å²) in [5.41, 5.74) is 1.44. The first kappa shape index (κ1) is 18.1. The predicted octanol–water partition coefficient (Wildman–Crippen LogP) is 0.134. The molecule has 0 spiro atoms. The number of hydrogen-bond acceptors (Lipinski definition) is 6. The fourth-order valence-corrected chi connectivity index (χ4v) is 3.32. The van der Waals surface area contributed by atoms with E-state index in [0.29, 0.717) is 11.1 Å². The Labute approximate surface area is 151 Å². The Kier molecular flexibility index (Phi) is 5.03. The highest BCUT2D eigenvalue weighted by atomic mass is 16.2. The SMILES string of the molecule is CNCCCN(C)c1ccc2c(c1)C(=O)N(C1CCC(=O)NC1=O)C2=O. The third-order valence-electron chi connectivity index (χ3n) is 4.78. The number of anilines is 1. The maximum atomic E-state index is 12.8. The predicted molar refractivity (Wildman–Crippen MR) is 94.9 cm³/mol. The van der Waals surface area contributed by atoms with Gasteiger partial charge >= 0.3 is 0 Å². The third kappa shape index (κ3) is 3.20. The van der Waals surface area contributed by atoms with Crippen molar-refractivity contribution in [2.75, 3.05) is 32.1 Å². The Morgan fingerprint density at radius 3 is 2.62 bits per heavy atom. The number of nitrogens with one attached hydrogen (secondary N) is 2. The van der Waals surface area contributed by atoms with Crippen molar-refractivity contribution >= 4 is 29.3 Å². The highest BCUT2D eigenvalue weighted by Gasteiger charge is 2.44. The minimum absolute atomic E-state index is 0.114. The molecule has 3 rings (SSSR count). The van der Waals surface area contributed by atoms with E-state index in [1.54, 1.807) is 18.2 Å². The van der Waals surface area contributed by atoms with Crippen LogP contribution in [-0.4, -0.2) is 61.8 Å². The van der Waals surface area contributed by atoms with Gasteiger partial charge in [-0.05, 0) is 44.6 Å². The molecule has 26 heavy (non-hydrogen) atoms. The van der Waals surface area contributed by atoms with Crippen LogP contribution in [0.2, 0.25) is 0 Å². The van der Waals surface area contributed by atoms with Crippen LogP contribution in [0.1, 0.15) is 40.0 Å². The largest absolute Gasteiger partial charge is 0.375 e. The molecule has 8 heteroatoms. The molecule has 0 aliphatic carbocycles. The zero-order valence-electron chi connectivity index (χ0n) is 14.9. The lowest BCUT2D eigenvalue weighted by atomic mass is 10.0. The van der Waals surface area contributed by atoms with Crippen LogP contribution in [0.25, 0.3) is 0 Å². The van der Waals surface area contributed by atoms with Gasteiger partial charge in [-0.2, -0.15) is 0 Å². The molecule has 4 amide bonds. The van der Waals surface area contributed by atoms with Crippen LogP contribution in [0, 0.1) is 0 Å². The molecular weight excluding hydrogens is 336 g/mol. The average molecular weight is 358 g/mol. The van der Waals surface area contributed by atoms with Crippen LogP contribution in [0.3, 0.4) is 0 Å². The van der Waals surface area contributed by atoms with Crippen molar-refractivity contribution in [1.29, 1.82) is 0 Å². The average Bonchev–Trinajstić information content (AvgIpc) is 2.86. The molecule has 0 saturated carbocycles. The number of carbonyl (C=O) groups excluding carboxylic acids is 4. The molecule has 2 aliphatic rings. The van der Waals surface area contributed by atoms with Gasteiger partial charge in [-0.15, -0.1) is 0 Å². The number of carbonyl (C=O) groups is 4. The van der Waals surface area contributed by atoms with Gasteiger partial charge in [0, 0.05) is 25.7 Å². The lowest BCUT2D eigenvalue weighted by Gasteiger charge is -2.27. The second kappa shape index (κ2) is 7.25. The first-order chi connectivity index (χ1) is 12.4. The van der Waals surface area contributed by atoms with Crippen LogP contribution in [0.15, 0.2) is 18.2 Å². The van der Waals surface area contributed by atoms with E-state index in [4.69, 9.17) is 0 Å². The standard InChI is InChI=1S/C18H22N4O4/c1-19-8-3-9-21(2)11-4-5-12-13(10-11)18(26)22(17(12)25)14-6-7-15(23)20-16(14)24/h4-5,10,14,19H,3,6-9H2,1-2H3,(H,20,23,24). The Morgan fingerprint density at radius 2 is 1.92 bits per heavy atom. The van der Waals surface area contributed by atoms with Gasteiger partial charge in [0.15, 0.2) is 0 Å². The Morgan fingerprint density at radius 1 is 1.19 bits per heavy atom. The minimum Gasteiger partial charge on any atom is -0.375 e.